The zero-order valence-electron chi connectivity index (χ0n) is 17.1. The first-order valence-electron chi connectivity index (χ1n) is 9.57. The number of pyridine rings is 1. The predicted octanol–water partition coefficient (Wildman–Crippen LogP) is 7.02. The van der Waals surface area contributed by atoms with Crippen LogP contribution in [0.2, 0.25) is 5.02 Å². The van der Waals surface area contributed by atoms with E-state index in [0.717, 1.165) is 18.2 Å². The van der Waals surface area contributed by atoms with Crippen molar-refractivity contribution in [3.63, 3.8) is 0 Å². The third-order valence-electron chi connectivity index (χ3n) is 4.28. The topological polar surface area (TPSA) is 60.5 Å². The van der Waals surface area contributed by atoms with Crippen molar-refractivity contribution in [2.45, 2.75) is 26.3 Å². The first-order valence-corrected chi connectivity index (χ1v) is 9.95. The van der Waals surface area contributed by atoms with E-state index in [1.807, 2.05) is 13.8 Å². The number of nitrogens with one attached hydrogen (secondary N) is 1. The SMILES string of the molecule is CC.O=C(Nc1ccc(-c2cc3c(cc2Cl)OC(F)(F)O3)cn1)c1ccccc1C(F)(F)F. The fourth-order valence-electron chi connectivity index (χ4n) is 2.93. The molecule has 3 aromatic rings. The van der Waals surface area contributed by atoms with E-state index in [4.69, 9.17) is 11.6 Å². The molecule has 1 aliphatic rings. The second-order valence-electron chi connectivity index (χ2n) is 6.38. The third-order valence-corrected chi connectivity index (χ3v) is 4.60. The molecule has 5 nitrogen and oxygen atoms in total. The van der Waals surface area contributed by atoms with Gasteiger partial charge < -0.3 is 14.8 Å². The summed E-state index contributed by atoms with van der Waals surface area (Å²) in [6.07, 6.45) is -7.23. The van der Waals surface area contributed by atoms with Crippen LogP contribution in [0.4, 0.5) is 27.8 Å². The van der Waals surface area contributed by atoms with Gasteiger partial charge in [-0.25, -0.2) is 4.98 Å². The molecular formula is C22H16ClF5N2O3. The maximum Gasteiger partial charge on any atom is 0.586 e. The van der Waals surface area contributed by atoms with E-state index in [0.29, 0.717) is 11.1 Å². The summed E-state index contributed by atoms with van der Waals surface area (Å²) in [6.45, 7) is 4.00. The van der Waals surface area contributed by atoms with Crippen LogP contribution in [0.25, 0.3) is 11.1 Å². The highest BCUT2D eigenvalue weighted by molar-refractivity contribution is 6.33. The number of amides is 1. The third kappa shape index (κ3) is 5.33. The molecule has 0 aliphatic carbocycles. The monoisotopic (exact) mass is 486 g/mol. The largest absolute Gasteiger partial charge is 0.586 e. The Hall–Kier alpha value is -3.40. The fraction of sp³-hybridized carbons (Fsp3) is 0.182. The predicted molar refractivity (Wildman–Crippen MR) is 112 cm³/mol. The number of ether oxygens (including phenoxy) is 2. The number of hydrogen-bond acceptors (Lipinski definition) is 4. The minimum absolute atomic E-state index is 0.0193. The quantitative estimate of drug-likeness (QED) is 0.404. The van der Waals surface area contributed by atoms with Crippen molar-refractivity contribution in [1.29, 1.82) is 0 Å². The van der Waals surface area contributed by atoms with Gasteiger partial charge in [0.05, 0.1) is 16.1 Å². The highest BCUT2D eigenvalue weighted by atomic mass is 35.5. The summed E-state index contributed by atoms with van der Waals surface area (Å²) in [5.41, 5.74) is -0.941. The van der Waals surface area contributed by atoms with Gasteiger partial charge in [-0.3, -0.25) is 4.79 Å². The van der Waals surface area contributed by atoms with Crippen LogP contribution in [0.5, 0.6) is 11.5 Å². The Bertz CT molecular complexity index is 1170. The molecule has 11 heteroatoms. The van der Waals surface area contributed by atoms with E-state index in [9.17, 15) is 26.7 Å². The van der Waals surface area contributed by atoms with Gasteiger partial charge in [-0.2, -0.15) is 13.2 Å². The first kappa shape index (κ1) is 24.2. The molecule has 1 N–H and O–H groups in total. The molecular weight excluding hydrogens is 471 g/mol. The lowest BCUT2D eigenvalue weighted by atomic mass is 10.1. The van der Waals surface area contributed by atoms with Crippen molar-refractivity contribution < 1.29 is 36.2 Å². The number of alkyl halides is 5. The Morgan fingerprint density at radius 2 is 1.67 bits per heavy atom. The Balaban J connectivity index is 0.00000149. The van der Waals surface area contributed by atoms with E-state index >= 15 is 0 Å². The van der Waals surface area contributed by atoms with Crippen LogP contribution in [-0.4, -0.2) is 17.2 Å². The lowest BCUT2D eigenvalue weighted by Crippen LogP contribution is -2.25. The van der Waals surface area contributed by atoms with E-state index in [2.05, 4.69) is 19.8 Å². The van der Waals surface area contributed by atoms with Crippen molar-refractivity contribution in [1.82, 2.24) is 4.98 Å². The maximum absolute atomic E-state index is 13.2. The smallest absolute Gasteiger partial charge is 0.395 e. The number of halogens is 6. The number of carbonyl (C=O) groups is 1. The molecule has 1 aliphatic heterocycles. The van der Waals surface area contributed by atoms with Gasteiger partial charge in [0.15, 0.2) is 11.5 Å². The summed E-state index contributed by atoms with van der Waals surface area (Å²) in [4.78, 5) is 16.3. The van der Waals surface area contributed by atoms with Crippen LogP contribution in [0, 0.1) is 0 Å². The van der Waals surface area contributed by atoms with Gasteiger partial charge in [0.25, 0.3) is 5.91 Å². The summed E-state index contributed by atoms with van der Waals surface area (Å²) in [6, 6.07) is 9.54. The number of benzene rings is 2. The van der Waals surface area contributed by atoms with Crippen molar-refractivity contribution in [3.8, 4) is 22.6 Å². The molecule has 0 unspecified atom stereocenters. The molecule has 0 bridgehead atoms. The molecule has 1 aromatic heterocycles. The lowest BCUT2D eigenvalue weighted by molar-refractivity contribution is -0.286. The van der Waals surface area contributed by atoms with E-state index in [1.54, 1.807) is 0 Å². The zero-order chi connectivity index (χ0) is 24.4. The highest BCUT2D eigenvalue weighted by Crippen LogP contribution is 2.46. The minimum atomic E-state index is -4.70. The average molecular weight is 487 g/mol. The number of anilines is 1. The molecule has 33 heavy (non-hydrogen) atoms. The Kier molecular flexibility index (Phi) is 6.78. The standard InChI is InChI=1S/C20H10ClF5N2O3.C2H6/c21-14-8-16-15(30-20(25,26)31-16)7-12(14)10-5-6-17(27-9-10)28-18(29)11-3-1-2-4-13(11)19(22,23)24;1-2/h1-9H,(H,27,28,29);1-2H3. The maximum atomic E-state index is 13.2. The summed E-state index contributed by atoms with van der Waals surface area (Å²) in [5.74, 6) is -1.45. The van der Waals surface area contributed by atoms with Crippen molar-refractivity contribution in [3.05, 3.63) is 70.9 Å². The fourth-order valence-corrected chi connectivity index (χ4v) is 3.19. The van der Waals surface area contributed by atoms with Gasteiger partial charge in [-0.15, -0.1) is 8.78 Å². The number of fused-ring (bicyclic) bond motifs is 1. The summed E-state index contributed by atoms with van der Waals surface area (Å²) < 4.78 is 74.4. The molecule has 174 valence electrons. The molecule has 2 heterocycles. The van der Waals surface area contributed by atoms with Crippen LogP contribution < -0.4 is 14.8 Å². The average Bonchev–Trinajstić information content (AvgIpc) is 3.07. The van der Waals surface area contributed by atoms with Crippen LogP contribution in [-0.2, 0) is 6.18 Å². The minimum Gasteiger partial charge on any atom is -0.395 e. The van der Waals surface area contributed by atoms with E-state index in [-0.39, 0.29) is 22.3 Å². The van der Waals surface area contributed by atoms with Crippen LogP contribution in [0.15, 0.2) is 54.7 Å². The molecule has 0 saturated carbocycles. The van der Waals surface area contributed by atoms with E-state index < -0.39 is 29.5 Å². The number of rotatable bonds is 3. The van der Waals surface area contributed by atoms with Gasteiger partial charge in [0.1, 0.15) is 5.82 Å². The summed E-state index contributed by atoms with van der Waals surface area (Å²) in [5, 5.41) is 2.37. The second-order valence-corrected chi connectivity index (χ2v) is 6.78. The molecule has 4 rings (SSSR count). The van der Waals surface area contributed by atoms with Crippen molar-refractivity contribution in [2.75, 3.05) is 5.32 Å². The van der Waals surface area contributed by atoms with Crippen molar-refractivity contribution >= 4 is 23.3 Å². The molecule has 0 fully saturated rings. The normalized spacial score (nSPS) is 13.7. The summed E-state index contributed by atoms with van der Waals surface area (Å²) >= 11 is 6.12. The first-order chi connectivity index (χ1) is 15.5. The number of aromatic nitrogens is 1. The van der Waals surface area contributed by atoms with Gasteiger partial charge in [-0.05, 0) is 30.3 Å². The Morgan fingerprint density at radius 1 is 1.03 bits per heavy atom. The van der Waals surface area contributed by atoms with Crippen LogP contribution in [0.3, 0.4) is 0 Å². The molecule has 2 aromatic carbocycles. The Morgan fingerprint density at radius 3 is 2.27 bits per heavy atom. The van der Waals surface area contributed by atoms with Crippen LogP contribution in [0.1, 0.15) is 29.8 Å². The van der Waals surface area contributed by atoms with Crippen LogP contribution >= 0.6 is 11.6 Å². The lowest BCUT2D eigenvalue weighted by Gasteiger charge is -2.12. The summed E-state index contributed by atoms with van der Waals surface area (Å²) in [7, 11) is 0. The molecule has 0 saturated heterocycles. The van der Waals surface area contributed by atoms with Gasteiger partial charge in [-0.1, -0.05) is 37.6 Å². The van der Waals surface area contributed by atoms with Crippen molar-refractivity contribution in [2.24, 2.45) is 0 Å². The number of carbonyl (C=O) groups excluding carboxylic acids is 1. The van der Waals surface area contributed by atoms with Gasteiger partial charge >= 0.3 is 12.5 Å². The molecule has 1 amide bonds. The molecule has 0 atom stereocenters. The number of nitrogens with zero attached hydrogens (tertiary/aromatic N) is 1. The van der Waals surface area contributed by atoms with Gasteiger partial charge in [0.2, 0.25) is 0 Å². The molecule has 0 radical (unpaired) electrons. The zero-order valence-corrected chi connectivity index (χ0v) is 17.9. The van der Waals surface area contributed by atoms with Gasteiger partial charge in [0, 0.05) is 23.4 Å². The highest BCUT2D eigenvalue weighted by Gasteiger charge is 2.44. The second kappa shape index (κ2) is 9.22. The Labute approximate surface area is 190 Å². The van der Waals surface area contributed by atoms with E-state index in [1.165, 1.54) is 36.5 Å². The molecule has 0 spiro atoms. The number of hydrogen-bond donors (Lipinski definition) is 1.